The average molecular weight is 402 g/mol. The number of benzene rings is 2. The van der Waals surface area contributed by atoms with Gasteiger partial charge in [0.05, 0.1) is 11.4 Å². The number of pyridine rings is 1. The fourth-order valence-corrected chi connectivity index (χ4v) is 2.99. The molecule has 0 aliphatic rings. The first kappa shape index (κ1) is 19.6. The lowest BCUT2D eigenvalue weighted by molar-refractivity contribution is -0.120. The normalized spacial score (nSPS) is 12.0. The van der Waals surface area contributed by atoms with Crippen LogP contribution in [-0.2, 0) is 16.0 Å². The number of hydrogen-bond donors (Lipinski definition) is 2. The Morgan fingerprint density at radius 3 is 2.64 bits per heavy atom. The van der Waals surface area contributed by atoms with Gasteiger partial charge in [0.2, 0.25) is 11.8 Å². The van der Waals surface area contributed by atoms with Crippen molar-refractivity contribution >= 4 is 39.9 Å². The van der Waals surface area contributed by atoms with Crippen molar-refractivity contribution in [3.05, 3.63) is 75.4 Å². The molecule has 0 aliphatic carbocycles. The Labute approximate surface area is 164 Å². The molecule has 6 nitrogen and oxygen atoms in total. The number of nitrogens with zero attached hydrogens (tertiary/aromatic N) is 1. The van der Waals surface area contributed by atoms with Gasteiger partial charge in [0.15, 0.2) is 0 Å². The number of rotatable bonds is 5. The quantitative estimate of drug-likeness (QED) is 0.688. The maximum absolute atomic E-state index is 13.5. The molecule has 0 unspecified atom stereocenters. The molecule has 1 atom stereocenters. The van der Waals surface area contributed by atoms with Gasteiger partial charge in [0.1, 0.15) is 11.9 Å². The van der Waals surface area contributed by atoms with Crippen LogP contribution in [0.1, 0.15) is 18.5 Å². The molecule has 0 saturated heterocycles. The number of fused-ring (bicyclic) bond motifs is 1. The number of nitrogens with two attached hydrogens (primary N) is 1. The van der Waals surface area contributed by atoms with Crippen molar-refractivity contribution in [3.8, 4) is 0 Å². The van der Waals surface area contributed by atoms with Crippen LogP contribution in [0.2, 0.25) is 5.02 Å². The van der Waals surface area contributed by atoms with Crippen LogP contribution in [0.4, 0.5) is 10.1 Å². The lowest BCUT2D eigenvalue weighted by Gasteiger charge is -2.14. The predicted molar refractivity (Wildman–Crippen MR) is 106 cm³/mol. The highest BCUT2D eigenvalue weighted by Gasteiger charge is 2.15. The van der Waals surface area contributed by atoms with E-state index in [-0.39, 0.29) is 22.9 Å². The molecule has 2 amide bonds. The second-order valence-electron chi connectivity index (χ2n) is 6.35. The Kier molecular flexibility index (Phi) is 5.46. The second kappa shape index (κ2) is 7.82. The van der Waals surface area contributed by atoms with Gasteiger partial charge in [0.25, 0.3) is 5.56 Å². The number of aromatic nitrogens is 1. The van der Waals surface area contributed by atoms with Crippen molar-refractivity contribution in [2.45, 2.75) is 19.4 Å². The lowest BCUT2D eigenvalue weighted by Crippen LogP contribution is -2.31. The molecule has 144 valence electrons. The van der Waals surface area contributed by atoms with Crippen LogP contribution in [0.25, 0.3) is 10.8 Å². The lowest BCUT2D eigenvalue weighted by atomic mass is 10.1. The van der Waals surface area contributed by atoms with Crippen LogP contribution in [0, 0.1) is 5.82 Å². The standard InChI is InChI=1S/C20H17ClFN3O3/c1-11(19(23)27)25-8-7-13-14(20(25)28)3-2-4-17(13)24-18(26)10-12-5-6-15(21)16(22)9-12/h2-9,11H,10H2,1H3,(H2,23,27)(H,24,26)/t11-/m0/s1. The molecule has 28 heavy (non-hydrogen) atoms. The van der Waals surface area contributed by atoms with Gasteiger partial charge in [-0.1, -0.05) is 23.7 Å². The van der Waals surface area contributed by atoms with E-state index in [0.717, 1.165) is 0 Å². The topological polar surface area (TPSA) is 94.2 Å². The van der Waals surface area contributed by atoms with Gasteiger partial charge in [-0.05, 0) is 42.8 Å². The third-order valence-electron chi connectivity index (χ3n) is 4.42. The van der Waals surface area contributed by atoms with Crippen molar-refractivity contribution < 1.29 is 14.0 Å². The Morgan fingerprint density at radius 1 is 1.21 bits per heavy atom. The molecule has 2 aromatic carbocycles. The zero-order valence-electron chi connectivity index (χ0n) is 14.9. The summed E-state index contributed by atoms with van der Waals surface area (Å²) < 4.78 is 14.8. The fourth-order valence-electron chi connectivity index (χ4n) is 2.87. The van der Waals surface area contributed by atoms with Crippen LogP contribution in [-0.4, -0.2) is 16.4 Å². The molecule has 1 aromatic heterocycles. The molecule has 0 aliphatic heterocycles. The molecule has 0 radical (unpaired) electrons. The minimum Gasteiger partial charge on any atom is -0.368 e. The van der Waals surface area contributed by atoms with Crippen molar-refractivity contribution in [1.82, 2.24) is 4.57 Å². The SMILES string of the molecule is C[C@@H](C(N)=O)n1ccc2c(NC(=O)Cc3ccc(Cl)c(F)c3)cccc2c1=O. The van der Waals surface area contributed by atoms with Crippen molar-refractivity contribution in [1.29, 1.82) is 0 Å². The largest absolute Gasteiger partial charge is 0.368 e. The summed E-state index contributed by atoms with van der Waals surface area (Å²) >= 11 is 5.65. The Morgan fingerprint density at radius 2 is 1.96 bits per heavy atom. The van der Waals surface area contributed by atoms with E-state index in [9.17, 15) is 18.8 Å². The monoisotopic (exact) mass is 401 g/mol. The third kappa shape index (κ3) is 3.89. The highest BCUT2D eigenvalue weighted by Crippen LogP contribution is 2.22. The molecule has 0 fully saturated rings. The molecule has 0 saturated carbocycles. The van der Waals surface area contributed by atoms with E-state index >= 15 is 0 Å². The van der Waals surface area contributed by atoms with E-state index in [1.807, 2.05) is 0 Å². The highest BCUT2D eigenvalue weighted by molar-refractivity contribution is 6.30. The number of halogens is 2. The minimum absolute atomic E-state index is 0.0142. The van der Waals surface area contributed by atoms with E-state index in [4.69, 9.17) is 17.3 Å². The summed E-state index contributed by atoms with van der Waals surface area (Å²) in [6.07, 6.45) is 1.41. The van der Waals surface area contributed by atoms with Crippen LogP contribution in [0.3, 0.4) is 0 Å². The third-order valence-corrected chi connectivity index (χ3v) is 4.73. The van der Waals surface area contributed by atoms with E-state index in [1.54, 1.807) is 30.3 Å². The first-order valence-electron chi connectivity index (χ1n) is 8.45. The van der Waals surface area contributed by atoms with E-state index in [1.165, 1.54) is 29.8 Å². The molecule has 1 heterocycles. The van der Waals surface area contributed by atoms with Gasteiger partial charge in [0, 0.05) is 22.7 Å². The second-order valence-corrected chi connectivity index (χ2v) is 6.75. The number of hydrogen-bond acceptors (Lipinski definition) is 3. The number of primary amides is 1. The minimum atomic E-state index is -0.796. The van der Waals surface area contributed by atoms with E-state index < -0.39 is 17.8 Å². The fraction of sp³-hybridized carbons (Fsp3) is 0.150. The molecule has 3 rings (SSSR count). The highest BCUT2D eigenvalue weighted by atomic mass is 35.5. The summed E-state index contributed by atoms with van der Waals surface area (Å²) in [6.45, 7) is 1.53. The van der Waals surface area contributed by atoms with E-state index in [2.05, 4.69) is 5.32 Å². The smallest absolute Gasteiger partial charge is 0.259 e. The number of amides is 2. The van der Waals surface area contributed by atoms with Gasteiger partial charge >= 0.3 is 0 Å². The first-order chi connectivity index (χ1) is 13.3. The molecule has 0 bridgehead atoms. The maximum Gasteiger partial charge on any atom is 0.259 e. The molecule has 0 spiro atoms. The summed E-state index contributed by atoms with van der Waals surface area (Å²) in [7, 11) is 0. The molecule has 8 heteroatoms. The van der Waals surface area contributed by atoms with Crippen LogP contribution in [0.5, 0.6) is 0 Å². The Balaban J connectivity index is 1.90. The maximum atomic E-state index is 13.5. The number of carbonyl (C=O) groups excluding carboxylic acids is 2. The summed E-state index contributed by atoms with van der Waals surface area (Å²) in [6, 6.07) is 9.88. The molecular weight excluding hydrogens is 385 g/mol. The van der Waals surface area contributed by atoms with Crippen molar-refractivity contribution in [3.63, 3.8) is 0 Å². The summed E-state index contributed by atoms with van der Waals surface area (Å²) in [4.78, 5) is 36.4. The van der Waals surface area contributed by atoms with Gasteiger partial charge in [-0.25, -0.2) is 4.39 Å². The zero-order chi connectivity index (χ0) is 20.4. The van der Waals surface area contributed by atoms with Gasteiger partial charge in [-0.3, -0.25) is 14.4 Å². The number of anilines is 1. The van der Waals surface area contributed by atoms with Gasteiger partial charge < -0.3 is 15.6 Å². The molecule has 3 aromatic rings. The number of carbonyl (C=O) groups is 2. The summed E-state index contributed by atoms with van der Waals surface area (Å²) in [5.74, 6) is -1.59. The van der Waals surface area contributed by atoms with Gasteiger partial charge in [-0.2, -0.15) is 0 Å². The average Bonchev–Trinajstić information content (AvgIpc) is 2.65. The molecule has 3 N–H and O–H groups in total. The number of nitrogens with one attached hydrogen (secondary N) is 1. The van der Waals surface area contributed by atoms with Crippen molar-refractivity contribution in [2.24, 2.45) is 5.73 Å². The van der Waals surface area contributed by atoms with Crippen LogP contribution < -0.4 is 16.6 Å². The van der Waals surface area contributed by atoms with Crippen LogP contribution in [0.15, 0.2) is 53.5 Å². The van der Waals surface area contributed by atoms with Gasteiger partial charge in [-0.15, -0.1) is 0 Å². The van der Waals surface area contributed by atoms with Crippen molar-refractivity contribution in [2.75, 3.05) is 5.32 Å². The summed E-state index contributed by atoms with van der Waals surface area (Å²) in [5.41, 5.74) is 5.80. The Hall–Kier alpha value is -3.19. The summed E-state index contributed by atoms with van der Waals surface area (Å²) in [5, 5.41) is 3.58. The van der Waals surface area contributed by atoms with Crippen LogP contribution >= 0.6 is 11.6 Å². The zero-order valence-corrected chi connectivity index (χ0v) is 15.7. The predicted octanol–water partition coefficient (Wildman–Crippen LogP) is 3.02. The molecular formula is C20H17ClFN3O3. The van der Waals surface area contributed by atoms with E-state index in [0.29, 0.717) is 22.0 Å². The first-order valence-corrected chi connectivity index (χ1v) is 8.82. The Bertz CT molecular complexity index is 1140.